The fourth-order valence-electron chi connectivity index (χ4n) is 2.39. The van der Waals surface area contributed by atoms with E-state index in [9.17, 15) is 24.5 Å². The van der Waals surface area contributed by atoms with E-state index >= 15 is 0 Å². The van der Waals surface area contributed by atoms with Crippen molar-refractivity contribution in [3.8, 4) is 11.5 Å². The highest BCUT2D eigenvalue weighted by Crippen LogP contribution is 2.25. The van der Waals surface area contributed by atoms with Gasteiger partial charge < -0.3 is 18.9 Å². The number of nitro groups is 1. The minimum Gasteiger partial charge on any atom is -0.497 e. The minimum atomic E-state index is -1.01. The van der Waals surface area contributed by atoms with Crippen molar-refractivity contribution in [3.63, 3.8) is 0 Å². The van der Waals surface area contributed by atoms with Gasteiger partial charge in [0.05, 0.1) is 42.9 Å². The number of carbonyl (C=O) groups excluding carboxylic acids is 3. The number of ketones is 1. The first kappa shape index (κ1) is 21.4. The van der Waals surface area contributed by atoms with Crippen LogP contribution in [0.25, 0.3) is 0 Å². The lowest BCUT2D eigenvalue weighted by atomic mass is 10.1. The fourth-order valence-corrected chi connectivity index (χ4v) is 2.39. The minimum absolute atomic E-state index is 0.162. The standard InChI is InChI=1S/C19H17NO9/c1-26-14-4-5-15(17(9-14)27-2)16(21)10-29-19(23)12-6-11(18(22)28-3)7-13(8-12)20(24)25/h4-9H,10H2,1-3H3. The summed E-state index contributed by atoms with van der Waals surface area (Å²) in [5, 5.41) is 11.0. The van der Waals surface area contributed by atoms with Crippen LogP contribution in [0.2, 0.25) is 0 Å². The molecule has 2 aromatic rings. The third-order valence-corrected chi connectivity index (χ3v) is 3.83. The molecule has 0 fully saturated rings. The number of nitrogens with zero attached hydrogens (tertiary/aromatic N) is 1. The summed E-state index contributed by atoms with van der Waals surface area (Å²) >= 11 is 0. The molecule has 10 heteroatoms. The molecule has 0 bridgehead atoms. The topological polar surface area (TPSA) is 131 Å². The Labute approximate surface area is 165 Å². The van der Waals surface area contributed by atoms with Gasteiger partial charge in [-0.05, 0) is 18.2 Å². The lowest BCUT2D eigenvalue weighted by Gasteiger charge is -2.10. The van der Waals surface area contributed by atoms with E-state index in [1.807, 2.05) is 0 Å². The van der Waals surface area contributed by atoms with E-state index in [1.165, 1.54) is 26.4 Å². The SMILES string of the molecule is COC(=O)c1cc(C(=O)OCC(=O)c2ccc(OC)cc2OC)cc([N+](=O)[O-])c1. The van der Waals surface area contributed by atoms with Crippen molar-refractivity contribution < 1.29 is 38.3 Å². The van der Waals surface area contributed by atoms with Gasteiger partial charge in [0.25, 0.3) is 5.69 Å². The molecule has 152 valence electrons. The maximum absolute atomic E-state index is 12.4. The number of Topliss-reactive ketones (excluding diaryl/α,β-unsaturated/α-hetero) is 1. The molecule has 0 saturated carbocycles. The summed E-state index contributed by atoms with van der Waals surface area (Å²) in [4.78, 5) is 46.6. The molecule has 0 unspecified atom stereocenters. The molecule has 2 aromatic carbocycles. The second kappa shape index (κ2) is 9.31. The van der Waals surface area contributed by atoms with Gasteiger partial charge in [0.1, 0.15) is 11.5 Å². The highest BCUT2D eigenvalue weighted by molar-refractivity contribution is 6.02. The van der Waals surface area contributed by atoms with Gasteiger partial charge >= 0.3 is 11.9 Å². The van der Waals surface area contributed by atoms with Gasteiger partial charge in [0, 0.05) is 18.2 Å². The third-order valence-electron chi connectivity index (χ3n) is 3.83. The summed E-state index contributed by atoms with van der Waals surface area (Å²) in [6.07, 6.45) is 0. The molecule has 0 aromatic heterocycles. The van der Waals surface area contributed by atoms with Crippen LogP contribution in [-0.4, -0.2) is 50.6 Å². The molecule has 2 rings (SSSR count). The number of hydrogen-bond acceptors (Lipinski definition) is 9. The van der Waals surface area contributed by atoms with E-state index < -0.39 is 34.9 Å². The van der Waals surface area contributed by atoms with Crippen LogP contribution in [0.3, 0.4) is 0 Å². The Hall–Kier alpha value is -3.95. The summed E-state index contributed by atoms with van der Waals surface area (Å²) in [6, 6.07) is 7.48. The van der Waals surface area contributed by atoms with Crippen LogP contribution in [-0.2, 0) is 9.47 Å². The van der Waals surface area contributed by atoms with Crippen LogP contribution in [0.15, 0.2) is 36.4 Å². The fraction of sp³-hybridized carbons (Fsp3) is 0.211. The van der Waals surface area contributed by atoms with Crippen LogP contribution >= 0.6 is 0 Å². The first-order valence-corrected chi connectivity index (χ1v) is 8.10. The van der Waals surface area contributed by atoms with Crippen molar-refractivity contribution in [3.05, 3.63) is 63.2 Å². The number of rotatable bonds is 8. The molecular formula is C19H17NO9. The smallest absolute Gasteiger partial charge is 0.338 e. The maximum atomic E-state index is 12.4. The highest BCUT2D eigenvalue weighted by Gasteiger charge is 2.21. The average Bonchev–Trinajstić information content (AvgIpc) is 2.75. The zero-order chi connectivity index (χ0) is 21.6. The van der Waals surface area contributed by atoms with Crippen molar-refractivity contribution in [2.45, 2.75) is 0 Å². The zero-order valence-corrected chi connectivity index (χ0v) is 15.8. The van der Waals surface area contributed by atoms with E-state index in [0.29, 0.717) is 5.75 Å². The summed E-state index contributed by atoms with van der Waals surface area (Å²) < 4.78 is 19.6. The van der Waals surface area contributed by atoms with E-state index in [-0.39, 0.29) is 22.4 Å². The highest BCUT2D eigenvalue weighted by atomic mass is 16.6. The number of methoxy groups -OCH3 is 3. The molecule has 0 aliphatic heterocycles. The second-order valence-corrected chi connectivity index (χ2v) is 5.58. The van der Waals surface area contributed by atoms with Crippen LogP contribution < -0.4 is 9.47 Å². The molecule has 0 N–H and O–H groups in total. The van der Waals surface area contributed by atoms with E-state index in [0.717, 1.165) is 25.3 Å². The van der Waals surface area contributed by atoms with Crippen molar-refractivity contribution in [2.24, 2.45) is 0 Å². The monoisotopic (exact) mass is 403 g/mol. The number of carbonyl (C=O) groups is 3. The third kappa shape index (κ3) is 5.06. The molecule has 0 radical (unpaired) electrons. The second-order valence-electron chi connectivity index (χ2n) is 5.58. The molecule has 0 heterocycles. The Balaban J connectivity index is 2.20. The number of ether oxygens (including phenoxy) is 4. The number of non-ortho nitro benzene ring substituents is 1. The summed E-state index contributed by atoms with van der Waals surface area (Å²) in [6.45, 7) is -0.641. The summed E-state index contributed by atoms with van der Waals surface area (Å²) in [7, 11) is 3.93. The van der Waals surface area contributed by atoms with Crippen LogP contribution in [0.5, 0.6) is 11.5 Å². The lowest BCUT2D eigenvalue weighted by molar-refractivity contribution is -0.384. The molecule has 0 saturated heterocycles. The van der Waals surface area contributed by atoms with Crippen LogP contribution in [0.1, 0.15) is 31.1 Å². The molecule has 10 nitrogen and oxygen atoms in total. The molecule has 0 atom stereocenters. The van der Waals surface area contributed by atoms with Crippen molar-refractivity contribution >= 4 is 23.4 Å². The predicted octanol–water partition coefficient (Wildman–Crippen LogP) is 2.44. The van der Waals surface area contributed by atoms with Gasteiger partial charge in [0.15, 0.2) is 6.61 Å². The first-order chi connectivity index (χ1) is 13.8. The van der Waals surface area contributed by atoms with Crippen LogP contribution in [0.4, 0.5) is 5.69 Å². The quantitative estimate of drug-likeness (QED) is 0.282. The molecular weight excluding hydrogens is 386 g/mol. The van der Waals surface area contributed by atoms with Gasteiger partial charge in [-0.2, -0.15) is 0 Å². The number of nitro benzene ring substituents is 1. The predicted molar refractivity (Wildman–Crippen MR) is 98.6 cm³/mol. The Morgan fingerprint density at radius 2 is 1.59 bits per heavy atom. The van der Waals surface area contributed by atoms with E-state index in [4.69, 9.17) is 14.2 Å². The van der Waals surface area contributed by atoms with E-state index in [2.05, 4.69) is 4.74 Å². The largest absolute Gasteiger partial charge is 0.497 e. The van der Waals surface area contributed by atoms with Gasteiger partial charge in [-0.15, -0.1) is 0 Å². The Bertz CT molecular complexity index is 968. The molecule has 29 heavy (non-hydrogen) atoms. The van der Waals surface area contributed by atoms with Gasteiger partial charge in [-0.25, -0.2) is 9.59 Å². The molecule has 0 spiro atoms. The van der Waals surface area contributed by atoms with Gasteiger partial charge in [0.2, 0.25) is 5.78 Å². The van der Waals surface area contributed by atoms with Crippen molar-refractivity contribution in [1.29, 1.82) is 0 Å². The van der Waals surface area contributed by atoms with Crippen molar-refractivity contribution in [1.82, 2.24) is 0 Å². The number of hydrogen-bond donors (Lipinski definition) is 0. The Morgan fingerprint density at radius 1 is 0.931 bits per heavy atom. The van der Waals surface area contributed by atoms with E-state index in [1.54, 1.807) is 6.07 Å². The average molecular weight is 403 g/mol. The normalized spacial score (nSPS) is 10.0. The maximum Gasteiger partial charge on any atom is 0.338 e. The lowest BCUT2D eigenvalue weighted by Crippen LogP contribution is -2.16. The zero-order valence-electron chi connectivity index (χ0n) is 15.8. The molecule has 0 amide bonds. The Kier molecular flexibility index (Phi) is 6.85. The van der Waals surface area contributed by atoms with Gasteiger partial charge in [-0.1, -0.05) is 0 Å². The Morgan fingerprint density at radius 3 is 2.14 bits per heavy atom. The van der Waals surface area contributed by atoms with Crippen molar-refractivity contribution in [2.75, 3.05) is 27.9 Å². The van der Waals surface area contributed by atoms with Crippen LogP contribution in [0, 0.1) is 10.1 Å². The number of benzene rings is 2. The van der Waals surface area contributed by atoms with Gasteiger partial charge in [-0.3, -0.25) is 14.9 Å². The first-order valence-electron chi connectivity index (χ1n) is 8.10. The molecule has 0 aliphatic carbocycles. The number of esters is 2. The summed E-state index contributed by atoms with van der Waals surface area (Å²) in [5.74, 6) is -1.73. The summed E-state index contributed by atoms with van der Waals surface area (Å²) in [5.41, 5.74) is -0.802. The molecule has 0 aliphatic rings.